The molecule has 4 heterocycles. The number of carbonyl (C=O) groups excluding carboxylic acids is 1. The van der Waals surface area contributed by atoms with E-state index in [9.17, 15) is 4.79 Å². The van der Waals surface area contributed by atoms with Crippen molar-refractivity contribution < 1.29 is 9.53 Å². The molecule has 1 aliphatic carbocycles. The van der Waals surface area contributed by atoms with Crippen molar-refractivity contribution >= 4 is 22.8 Å². The quantitative estimate of drug-likeness (QED) is 0.663. The van der Waals surface area contributed by atoms with Gasteiger partial charge in [-0.15, -0.1) is 0 Å². The van der Waals surface area contributed by atoms with Crippen molar-refractivity contribution in [1.82, 2.24) is 19.5 Å². The number of esters is 1. The summed E-state index contributed by atoms with van der Waals surface area (Å²) in [5.41, 5.74) is 3.30. The van der Waals surface area contributed by atoms with Gasteiger partial charge in [-0.1, -0.05) is 6.07 Å². The average molecular weight is 363 g/mol. The molecule has 0 amide bonds. The number of aromatic nitrogens is 4. The zero-order valence-electron chi connectivity index (χ0n) is 15.4. The number of piperidine rings is 1. The number of nitrogens with zero attached hydrogens (tertiary/aromatic N) is 5. The maximum absolute atomic E-state index is 12.1. The van der Waals surface area contributed by atoms with Crippen molar-refractivity contribution in [1.29, 1.82) is 0 Å². The number of hydrogen-bond donors (Lipinski definition) is 0. The van der Waals surface area contributed by atoms with E-state index in [2.05, 4.69) is 27.0 Å². The first kappa shape index (κ1) is 16.2. The van der Waals surface area contributed by atoms with Crippen LogP contribution in [0, 0.1) is 18.8 Å². The summed E-state index contributed by atoms with van der Waals surface area (Å²) >= 11 is 0. The second-order valence-corrected chi connectivity index (χ2v) is 7.50. The Morgan fingerprint density at radius 3 is 2.85 bits per heavy atom. The maximum Gasteiger partial charge on any atom is 0.340 e. The molecule has 3 aromatic rings. The van der Waals surface area contributed by atoms with Crippen molar-refractivity contribution in [3.8, 4) is 0 Å². The van der Waals surface area contributed by atoms with Crippen LogP contribution in [0.2, 0.25) is 0 Å². The molecule has 3 aromatic heterocycles. The number of pyridine rings is 1. The molecule has 0 radical (unpaired) electrons. The number of ether oxygens (including phenoxy) is 1. The van der Waals surface area contributed by atoms with Gasteiger partial charge in [0.05, 0.1) is 24.6 Å². The van der Waals surface area contributed by atoms with Crippen LogP contribution >= 0.6 is 0 Å². The first-order valence-corrected chi connectivity index (χ1v) is 9.22. The number of rotatable bonds is 4. The van der Waals surface area contributed by atoms with Crippen molar-refractivity contribution in [3.63, 3.8) is 0 Å². The number of carbonyl (C=O) groups is 1. The lowest BCUT2D eigenvalue weighted by Crippen LogP contribution is -2.23. The van der Waals surface area contributed by atoms with E-state index < -0.39 is 0 Å². The summed E-state index contributed by atoms with van der Waals surface area (Å²) in [6.07, 6.45) is 6.32. The molecule has 138 valence electrons. The van der Waals surface area contributed by atoms with Crippen LogP contribution in [0.3, 0.4) is 0 Å². The monoisotopic (exact) mass is 363 g/mol. The summed E-state index contributed by atoms with van der Waals surface area (Å²) in [6, 6.07) is 4.24. The number of aryl methyl sites for hydroxylation is 1. The zero-order chi connectivity index (χ0) is 18.5. The molecule has 0 aromatic carbocycles. The Morgan fingerprint density at radius 2 is 2.11 bits per heavy atom. The highest BCUT2D eigenvalue weighted by molar-refractivity contribution is 6.03. The van der Waals surface area contributed by atoms with Gasteiger partial charge < -0.3 is 14.2 Å². The summed E-state index contributed by atoms with van der Waals surface area (Å²) in [7, 11) is 1.38. The number of methoxy groups -OCH3 is 1. The molecule has 0 bridgehead atoms. The van der Waals surface area contributed by atoms with Crippen LogP contribution in [0.25, 0.3) is 11.0 Å². The van der Waals surface area contributed by atoms with Crippen molar-refractivity contribution in [3.05, 3.63) is 47.7 Å². The van der Waals surface area contributed by atoms with Crippen molar-refractivity contribution in [2.75, 3.05) is 25.1 Å². The molecule has 2 unspecified atom stereocenters. The van der Waals surface area contributed by atoms with Crippen LogP contribution in [0.1, 0.15) is 28.0 Å². The normalized spacial score (nSPS) is 20.7. The topological polar surface area (TPSA) is 73.1 Å². The van der Waals surface area contributed by atoms with Gasteiger partial charge in [-0.25, -0.2) is 19.7 Å². The van der Waals surface area contributed by atoms with E-state index in [4.69, 9.17) is 9.72 Å². The Balaban J connectivity index is 1.45. The highest BCUT2D eigenvalue weighted by atomic mass is 16.5. The van der Waals surface area contributed by atoms with Gasteiger partial charge in [-0.2, -0.15) is 0 Å². The van der Waals surface area contributed by atoms with E-state index in [1.165, 1.54) is 19.9 Å². The van der Waals surface area contributed by atoms with Gasteiger partial charge in [0.2, 0.25) is 0 Å². The lowest BCUT2D eigenvalue weighted by atomic mass is 10.2. The maximum atomic E-state index is 12.1. The molecule has 2 fully saturated rings. The molecule has 1 saturated carbocycles. The first-order valence-electron chi connectivity index (χ1n) is 9.22. The minimum Gasteiger partial charge on any atom is -0.465 e. The summed E-state index contributed by atoms with van der Waals surface area (Å²) in [6.45, 7) is 4.91. The third-order valence-corrected chi connectivity index (χ3v) is 5.77. The second kappa shape index (κ2) is 6.04. The van der Waals surface area contributed by atoms with Gasteiger partial charge in [0.25, 0.3) is 0 Å². The van der Waals surface area contributed by atoms with E-state index in [0.717, 1.165) is 42.0 Å². The molecule has 0 N–H and O–H groups in total. The lowest BCUT2D eigenvalue weighted by Gasteiger charge is -2.20. The number of fused-ring (bicyclic) bond motifs is 2. The summed E-state index contributed by atoms with van der Waals surface area (Å²) in [5, 5.41) is 0.697. The Hall–Kier alpha value is -2.96. The Kier molecular flexibility index (Phi) is 3.63. The molecule has 7 nitrogen and oxygen atoms in total. The van der Waals surface area contributed by atoms with E-state index in [1.54, 1.807) is 12.4 Å². The zero-order valence-corrected chi connectivity index (χ0v) is 15.4. The smallest absolute Gasteiger partial charge is 0.340 e. The van der Waals surface area contributed by atoms with Gasteiger partial charge in [-0.3, -0.25) is 0 Å². The van der Waals surface area contributed by atoms with Crippen LogP contribution in [0.15, 0.2) is 30.9 Å². The molecule has 0 spiro atoms. The van der Waals surface area contributed by atoms with Crippen LogP contribution in [0.4, 0.5) is 5.82 Å². The highest BCUT2D eigenvalue weighted by Gasteiger charge is 2.45. The number of hydrogen-bond acceptors (Lipinski definition) is 6. The predicted molar refractivity (Wildman–Crippen MR) is 101 cm³/mol. The summed E-state index contributed by atoms with van der Waals surface area (Å²) < 4.78 is 6.85. The molecule has 5 rings (SSSR count). The summed E-state index contributed by atoms with van der Waals surface area (Å²) in [4.78, 5) is 27.7. The minimum atomic E-state index is -0.383. The third kappa shape index (κ3) is 2.74. The molecular formula is C20H21N5O2. The summed E-state index contributed by atoms with van der Waals surface area (Å²) in [5.74, 6) is 2.45. The van der Waals surface area contributed by atoms with Gasteiger partial charge in [0.15, 0.2) is 0 Å². The second-order valence-electron chi connectivity index (χ2n) is 7.50. The number of anilines is 1. The average Bonchev–Trinajstić information content (AvgIpc) is 3.13. The Bertz CT molecular complexity index is 1030. The van der Waals surface area contributed by atoms with E-state index in [-0.39, 0.29) is 5.97 Å². The fourth-order valence-electron chi connectivity index (χ4n) is 4.11. The van der Waals surface area contributed by atoms with Crippen molar-refractivity contribution in [2.24, 2.45) is 11.8 Å². The molecule has 1 saturated heterocycles. The van der Waals surface area contributed by atoms with Gasteiger partial charge >= 0.3 is 5.97 Å². The molecule has 1 aliphatic heterocycles. The highest BCUT2D eigenvalue weighted by Crippen LogP contribution is 2.45. The van der Waals surface area contributed by atoms with Crippen LogP contribution < -0.4 is 4.90 Å². The van der Waals surface area contributed by atoms with E-state index >= 15 is 0 Å². The van der Waals surface area contributed by atoms with Gasteiger partial charge in [0.1, 0.15) is 17.8 Å². The van der Waals surface area contributed by atoms with Gasteiger partial charge in [0, 0.05) is 31.2 Å². The van der Waals surface area contributed by atoms with Crippen LogP contribution in [-0.4, -0.2) is 45.7 Å². The third-order valence-electron chi connectivity index (χ3n) is 5.77. The van der Waals surface area contributed by atoms with Gasteiger partial charge in [-0.05, 0) is 36.8 Å². The van der Waals surface area contributed by atoms with Crippen LogP contribution in [0.5, 0.6) is 0 Å². The SMILES string of the molecule is COC(=O)c1cn(Cc2ccc(N3CC4CC4C3)nc2C)c2ncncc12. The fraction of sp³-hybridized carbons (Fsp3) is 0.400. The fourth-order valence-corrected chi connectivity index (χ4v) is 4.11. The van der Waals surface area contributed by atoms with Crippen molar-refractivity contribution in [2.45, 2.75) is 19.9 Å². The van der Waals surface area contributed by atoms with E-state index in [0.29, 0.717) is 23.1 Å². The predicted octanol–water partition coefficient (Wildman–Crippen LogP) is 2.43. The molecule has 7 heteroatoms. The van der Waals surface area contributed by atoms with E-state index in [1.807, 2.05) is 11.5 Å². The lowest BCUT2D eigenvalue weighted by molar-refractivity contribution is 0.0602. The standard InChI is InChI=1S/C20H21N5O2/c1-12-13(3-4-18(23-12)24-8-14-5-15(14)9-24)7-25-10-17(20(26)27-2)16-6-21-11-22-19(16)25/h3-4,6,10-11,14-15H,5,7-9H2,1-2H3. The molecular weight excluding hydrogens is 342 g/mol. The largest absolute Gasteiger partial charge is 0.465 e. The molecule has 2 atom stereocenters. The first-order chi connectivity index (χ1) is 13.1. The minimum absolute atomic E-state index is 0.383. The molecule has 2 aliphatic rings. The molecule has 27 heavy (non-hydrogen) atoms. The Labute approximate surface area is 157 Å². The van der Waals surface area contributed by atoms with Crippen LogP contribution in [-0.2, 0) is 11.3 Å². The Morgan fingerprint density at radius 1 is 1.30 bits per heavy atom.